The molecule has 0 nitrogen and oxygen atoms in total. The highest BCUT2D eigenvalue weighted by Gasteiger charge is 2.26. The van der Waals surface area contributed by atoms with Crippen molar-refractivity contribution in [2.75, 3.05) is 0 Å². The molecule has 0 fully saturated rings. The van der Waals surface area contributed by atoms with Gasteiger partial charge in [0.2, 0.25) is 0 Å². The van der Waals surface area contributed by atoms with Crippen molar-refractivity contribution in [2.24, 2.45) is 0 Å². The Balaban J connectivity index is 1.63. The van der Waals surface area contributed by atoms with Crippen LogP contribution in [0.1, 0.15) is 50.8 Å². The topological polar surface area (TPSA) is 0 Å². The number of hydrogen-bond donors (Lipinski definition) is 0. The average molecular weight is 370 g/mol. The number of fused-ring (bicyclic) bond motifs is 3. The van der Waals surface area contributed by atoms with Crippen molar-refractivity contribution in [3.05, 3.63) is 130 Å². The van der Waals surface area contributed by atoms with E-state index in [-0.39, 0.29) is 0 Å². The van der Waals surface area contributed by atoms with E-state index >= 15 is 0 Å². The molecule has 0 radical (unpaired) electrons. The molecule has 0 aromatic heterocycles. The Morgan fingerprint density at radius 3 is 1.93 bits per heavy atom. The molecule has 2 aliphatic rings. The maximum absolute atomic E-state index is 2.38. The Labute approximate surface area is 171 Å². The predicted octanol–water partition coefficient (Wildman–Crippen LogP) is 7.47. The minimum Gasteiger partial charge on any atom is -0.0720 e. The highest BCUT2D eigenvalue weighted by atomic mass is 14.3. The van der Waals surface area contributed by atoms with Crippen LogP contribution in [0.25, 0.3) is 22.9 Å². The highest BCUT2D eigenvalue weighted by Crippen LogP contribution is 2.45. The fraction of sp³-hybridized carbons (Fsp3) is 0.103. The highest BCUT2D eigenvalue weighted by molar-refractivity contribution is 5.93. The fourth-order valence-corrected chi connectivity index (χ4v) is 5.22. The van der Waals surface area contributed by atoms with Gasteiger partial charge in [-0.15, -0.1) is 0 Å². The molecule has 0 saturated carbocycles. The van der Waals surface area contributed by atoms with Crippen molar-refractivity contribution in [1.29, 1.82) is 0 Å². The lowest BCUT2D eigenvalue weighted by Crippen LogP contribution is -2.04. The van der Waals surface area contributed by atoms with Crippen LogP contribution in [0.3, 0.4) is 0 Å². The van der Waals surface area contributed by atoms with E-state index in [0.717, 1.165) is 0 Å². The molecule has 0 heterocycles. The van der Waals surface area contributed by atoms with Gasteiger partial charge in [-0.1, -0.05) is 103 Å². The third-order valence-corrected chi connectivity index (χ3v) is 6.58. The summed E-state index contributed by atoms with van der Waals surface area (Å²) in [6.07, 6.45) is 9.30. The van der Waals surface area contributed by atoms with Gasteiger partial charge in [0.05, 0.1) is 0 Å². The van der Waals surface area contributed by atoms with E-state index in [1.807, 2.05) is 0 Å². The standard InChI is InChI=1S/C29H22/c1-19-13-14-22-9-6-12-26(25-17-15-20-7-2-4-10-23(20)25)29(22)28(19)27-18-16-21-8-3-5-11-24(21)27/h2-18,25,27H,1H3. The van der Waals surface area contributed by atoms with E-state index in [1.165, 1.54) is 49.7 Å². The second kappa shape index (κ2) is 6.32. The minimum absolute atomic E-state index is 0.316. The molecule has 2 unspecified atom stereocenters. The lowest BCUT2D eigenvalue weighted by molar-refractivity contribution is 1.02. The predicted molar refractivity (Wildman–Crippen MR) is 123 cm³/mol. The van der Waals surface area contributed by atoms with E-state index in [1.54, 1.807) is 0 Å². The molecule has 4 aromatic carbocycles. The van der Waals surface area contributed by atoms with Crippen LogP contribution >= 0.6 is 0 Å². The molecule has 4 aromatic rings. The van der Waals surface area contributed by atoms with E-state index in [4.69, 9.17) is 0 Å². The van der Waals surface area contributed by atoms with Crippen molar-refractivity contribution in [2.45, 2.75) is 18.8 Å². The Morgan fingerprint density at radius 1 is 0.552 bits per heavy atom. The smallest absolute Gasteiger partial charge is 0.0287 e. The van der Waals surface area contributed by atoms with Crippen molar-refractivity contribution in [3.8, 4) is 0 Å². The summed E-state index contributed by atoms with van der Waals surface area (Å²) in [5.74, 6) is 0.632. The first-order valence-corrected chi connectivity index (χ1v) is 10.4. The van der Waals surface area contributed by atoms with Gasteiger partial charge in [0.1, 0.15) is 0 Å². The summed E-state index contributed by atoms with van der Waals surface area (Å²) >= 11 is 0. The number of benzene rings is 4. The molecule has 2 aliphatic carbocycles. The summed E-state index contributed by atoms with van der Waals surface area (Å²) in [5.41, 5.74) is 9.76. The van der Waals surface area contributed by atoms with E-state index in [9.17, 15) is 0 Å². The normalized spacial score (nSPS) is 18.9. The van der Waals surface area contributed by atoms with Gasteiger partial charge in [0, 0.05) is 11.8 Å². The van der Waals surface area contributed by atoms with E-state index in [2.05, 4.69) is 110 Å². The minimum atomic E-state index is 0.316. The number of aryl methyl sites for hydroxylation is 1. The molecule has 29 heavy (non-hydrogen) atoms. The van der Waals surface area contributed by atoms with E-state index in [0.29, 0.717) is 11.8 Å². The van der Waals surface area contributed by atoms with Gasteiger partial charge in [-0.05, 0) is 56.6 Å². The van der Waals surface area contributed by atoms with Crippen LogP contribution in [0.15, 0.2) is 91.0 Å². The maximum atomic E-state index is 2.38. The fourth-order valence-electron chi connectivity index (χ4n) is 5.22. The zero-order chi connectivity index (χ0) is 19.4. The Bertz CT molecular complexity index is 1320. The van der Waals surface area contributed by atoms with Crippen LogP contribution in [0, 0.1) is 6.92 Å². The van der Waals surface area contributed by atoms with Crippen LogP contribution in [-0.2, 0) is 0 Å². The summed E-state index contributed by atoms with van der Waals surface area (Å²) in [4.78, 5) is 0. The van der Waals surface area contributed by atoms with Crippen molar-refractivity contribution in [1.82, 2.24) is 0 Å². The second-order valence-corrected chi connectivity index (χ2v) is 8.17. The zero-order valence-electron chi connectivity index (χ0n) is 16.5. The van der Waals surface area contributed by atoms with Gasteiger partial charge >= 0.3 is 0 Å². The summed E-state index contributed by atoms with van der Waals surface area (Å²) in [6.45, 7) is 2.26. The summed E-state index contributed by atoms with van der Waals surface area (Å²) in [5, 5.41) is 2.75. The Kier molecular flexibility index (Phi) is 3.61. The lowest BCUT2D eigenvalue weighted by Gasteiger charge is -2.22. The first-order chi connectivity index (χ1) is 14.3. The molecule has 0 amide bonds. The van der Waals surface area contributed by atoms with Gasteiger partial charge in [0.15, 0.2) is 0 Å². The molecular formula is C29H22. The number of rotatable bonds is 2. The van der Waals surface area contributed by atoms with Crippen molar-refractivity contribution < 1.29 is 0 Å². The molecule has 138 valence electrons. The van der Waals surface area contributed by atoms with Crippen molar-refractivity contribution in [3.63, 3.8) is 0 Å². The monoisotopic (exact) mass is 370 g/mol. The summed E-state index contributed by atoms with van der Waals surface area (Å²) < 4.78 is 0. The van der Waals surface area contributed by atoms with Gasteiger partial charge in [0.25, 0.3) is 0 Å². The van der Waals surface area contributed by atoms with Crippen molar-refractivity contribution >= 4 is 22.9 Å². The van der Waals surface area contributed by atoms with E-state index < -0.39 is 0 Å². The molecular weight excluding hydrogens is 348 g/mol. The molecule has 0 spiro atoms. The maximum Gasteiger partial charge on any atom is 0.0287 e. The molecule has 2 atom stereocenters. The molecule has 0 aliphatic heterocycles. The van der Waals surface area contributed by atoms with Crippen LogP contribution in [0.5, 0.6) is 0 Å². The third kappa shape index (κ3) is 2.46. The summed E-state index contributed by atoms with van der Waals surface area (Å²) in [6, 6.07) is 29.0. The quantitative estimate of drug-likeness (QED) is 0.343. The van der Waals surface area contributed by atoms with Crippen LogP contribution in [0.2, 0.25) is 0 Å². The van der Waals surface area contributed by atoms with Gasteiger partial charge in [-0.2, -0.15) is 0 Å². The first-order valence-electron chi connectivity index (χ1n) is 10.4. The first kappa shape index (κ1) is 16.6. The lowest BCUT2D eigenvalue weighted by atomic mass is 9.81. The average Bonchev–Trinajstić information content (AvgIpc) is 3.38. The second-order valence-electron chi connectivity index (χ2n) is 8.17. The van der Waals surface area contributed by atoms with Crippen LogP contribution < -0.4 is 0 Å². The Hall–Kier alpha value is -3.38. The van der Waals surface area contributed by atoms with Gasteiger partial charge in [-0.3, -0.25) is 0 Å². The molecule has 0 N–H and O–H groups in total. The van der Waals surface area contributed by atoms with Crippen LogP contribution in [0.4, 0.5) is 0 Å². The SMILES string of the molecule is Cc1ccc2cccc(C3C=Cc4ccccc43)c2c1C1C=Cc2ccccc21. The summed E-state index contributed by atoms with van der Waals surface area (Å²) in [7, 11) is 0. The number of hydrogen-bond acceptors (Lipinski definition) is 0. The van der Waals surface area contributed by atoms with Gasteiger partial charge < -0.3 is 0 Å². The largest absolute Gasteiger partial charge is 0.0720 e. The molecule has 0 bridgehead atoms. The molecule has 0 saturated heterocycles. The third-order valence-electron chi connectivity index (χ3n) is 6.58. The van der Waals surface area contributed by atoms with Gasteiger partial charge in [-0.25, -0.2) is 0 Å². The number of allylic oxidation sites excluding steroid dienone is 2. The van der Waals surface area contributed by atoms with Crippen LogP contribution in [-0.4, -0.2) is 0 Å². The Morgan fingerprint density at radius 2 is 1.17 bits per heavy atom. The zero-order valence-corrected chi connectivity index (χ0v) is 16.5. The molecule has 6 rings (SSSR count). The molecule has 0 heteroatoms.